The maximum atomic E-state index is 5.75. The van der Waals surface area contributed by atoms with Gasteiger partial charge in [-0.1, -0.05) is 6.07 Å². The molecule has 0 radical (unpaired) electrons. The van der Waals surface area contributed by atoms with Crippen molar-refractivity contribution < 1.29 is 0 Å². The van der Waals surface area contributed by atoms with Crippen LogP contribution in [-0.4, -0.2) is 14.6 Å². The molecule has 0 amide bonds. The smallest absolute Gasteiger partial charge is 0.155 e. The van der Waals surface area contributed by atoms with Crippen LogP contribution in [0, 0.1) is 6.92 Å². The Bertz CT molecular complexity index is 430. The van der Waals surface area contributed by atoms with Gasteiger partial charge in [-0.2, -0.15) is 5.10 Å². The fourth-order valence-electron chi connectivity index (χ4n) is 1.28. The number of nitrogens with two attached hydrogens (primary N) is 1. The van der Waals surface area contributed by atoms with Gasteiger partial charge in [0.05, 0.1) is 0 Å². The molecule has 0 saturated heterocycles. The van der Waals surface area contributed by atoms with E-state index in [1.165, 1.54) is 0 Å². The second-order valence-electron chi connectivity index (χ2n) is 3.21. The molecule has 0 aromatic carbocycles. The maximum absolute atomic E-state index is 5.75. The van der Waals surface area contributed by atoms with Crippen LogP contribution in [0.4, 0.5) is 0 Å². The van der Waals surface area contributed by atoms with Gasteiger partial charge in [0.1, 0.15) is 5.82 Å². The molecule has 0 aliphatic carbocycles. The van der Waals surface area contributed by atoms with E-state index in [1.54, 1.807) is 4.52 Å². The molecule has 2 aromatic rings. The Balaban J connectivity index is 2.61. The van der Waals surface area contributed by atoms with Crippen molar-refractivity contribution in [3.63, 3.8) is 0 Å². The number of rotatable bonds is 1. The molecular weight excluding hydrogens is 164 g/mol. The largest absolute Gasteiger partial charge is 0.324 e. The number of aryl methyl sites for hydroxylation is 1. The summed E-state index contributed by atoms with van der Waals surface area (Å²) < 4.78 is 1.76. The molecule has 2 rings (SSSR count). The molecule has 0 aliphatic rings. The summed E-state index contributed by atoms with van der Waals surface area (Å²) in [5, 5.41) is 4.21. The lowest BCUT2D eigenvalue weighted by molar-refractivity contribution is 0.795. The van der Waals surface area contributed by atoms with Crippen LogP contribution in [0.15, 0.2) is 18.3 Å². The monoisotopic (exact) mass is 176 g/mol. The van der Waals surface area contributed by atoms with Crippen LogP contribution >= 0.6 is 0 Å². The minimum Gasteiger partial charge on any atom is -0.324 e. The summed E-state index contributed by atoms with van der Waals surface area (Å²) in [7, 11) is 0. The fraction of sp³-hybridized carbons (Fsp3) is 0.333. The average molecular weight is 176 g/mol. The number of hydrogen-bond acceptors (Lipinski definition) is 3. The lowest BCUT2D eigenvalue weighted by Gasteiger charge is -2.04. The summed E-state index contributed by atoms with van der Waals surface area (Å²) in [6, 6.07) is 3.95. The van der Waals surface area contributed by atoms with Crippen molar-refractivity contribution >= 4 is 5.65 Å². The van der Waals surface area contributed by atoms with E-state index in [-0.39, 0.29) is 6.04 Å². The van der Waals surface area contributed by atoms with Gasteiger partial charge in [-0.15, -0.1) is 0 Å². The molecule has 0 spiro atoms. The Morgan fingerprint density at radius 3 is 2.92 bits per heavy atom. The minimum atomic E-state index is 0.0360. The van der Waals surface area contributed by atoms with E-state index in [0.29, 0.717) is 0 Å². The van der Waals surface area contributed by atoms with Crippen LogP contribution in [0.25, 0.3) is 5.65 Å². The molecule has 2 N–H and O–H groups in total. The van der Waals surface area contributed by atoms with Crippen LogP contribution in [-0.2, 0) is 0 Å². The molecule has 0 aliphatic heterocycles. The summed E-state index contributed by atoms with van der Waals surface area (Å²) in [6.07, 6.45) is 1.92. The van der Waals surface area contributed by atoms with Crippen molar-refractivity contribution in [2.75, 3.05) is 0 Å². The van der Waals surface area contributed by atoms with Crippen LogP contribution in [0.3, 0.4) is 0 Å². The number of nitrogens with zero attached hydrogens (tertiary/aromatic N) is 3. The first-order chi connectivity index (χ1) is 6.16. The van der Waals surface area contributed by atoms with Crippen molar-refractivity contribution in [3.8, 4) is 0 Å². The van der Waals surface area contributed by atoms with Crippen LogP contribution in [0.1, 0.15) is 24.4 Å². The summed E-state index contributed by atoms with van der Waals surface area (Å²) in [4.78, 5) is 4.22. The first-order valence-corrected chi connectivity index (χ1v) is 4.25. The SMILES string of the molecule is Cc1nc2ccc(C(C)N)cn2n1. The third kappa shape index (κ3) is 1.40. The molecule has 0 fully saturated rings. The molecular formula is C9H12N4. The predicted octanol–water partition coefficient (Wildman–Crippen LogP) is 1.06. The van der Waals surface area contributed by atoms with Crippen molar-refractivity contribution in [2.24, 2.45) is 5.73 Å². The van der Waals surface area contributed by atoms with E-state index in [9.17, 15) is 0 Å². The summed E-state index contributed by atoms with van der Waals surface area (Å²) >= 11 is 0. The van der Waals surface area contributed by atoms with E-state index in [4.69, 9.17) is 5.73 Å². The summed E-state index contributed by atoms with van der Waals surface area (Å²) in [6.45, 7) is 3.82. The van der Waals surface area contributed by atoms with Crippen LogP contribution < -0.4 is 5.73 Å². The molecule has 2 aromatic heterocycles. The molecule has 68 valence electrons. The van der Waals surface area contributed by atoms with Gasteiger partial charge in [0, 0.05) is 12.2 Å². The quantitative estimate of drug-likeness (QED) is 0.706. The van der Waals surface area contributed by atoms with E-state index in [0.717, 1.165) is 17.0 Å². The molecule has 4 nitrogen and oxygen atoms in total. The summed E-state index contributed by atoms with van der Waals surface area (Å²) in [5.74, 6) is 0.779. The van der Waals surface area contributed by atoms with Crippen molar-refractivity contribution in [1.82, 2.24) is 14.6 Å². The third-order valence-corrected chi connectivity index (χ3v) is 1.99. The third-order valence-electron chi connectivity index (χ3n) is 1.99. The van der Waals surface area contributed by atoms with E-state index in [1.807, 2.05) is 32.2 Å². The first-order valence-electron chi connectivity index (χ1n) is 4.25. The average Bonchev–Trinajstić information content (AvgIpc) is 2.42. The number of hydrogen-bond donors (Lipinski definition) is 1. The predicted molar refractivity (Wildman–Crippen MR) is 50.3 cm³/mol. The van der Waals surface area contributed by atoms with Gasteiger partial charge in [-0.05, 0) is 25.5 Å². The highest BCUT2D eigenvalue weighted by molar-refractivity contribution is 5.39. The zero-order valence-electron chi connectivity index (χ0n) is 7.73. The van der Waals surface area contributed by atoms with E-state index in [2.05, 4.69) is 10.1 Å². The molecule has 0 saturated carbocycles. The Kier molecular flexibility index (Phi) is 1.77. The highest BCUT2D eigenvalue weighted by Gasteiger charge is 2.02. The lowest BCUT2D eigenvalue weighted by atomic mass is 10.2. The lowest BCUT2D eigenvalue weighted by Crippen LogP contribution is -2.06. The van der Waals surface area contributed by atoms with Gasteiger partial charge in [-0.25, -0.2) is 9.50 Å². The van der Waals surface area contributed by atoms with Gasteiger partial charge in [-0.3, -0.25) is 0 Å². The normalized spacial score (nSPS) is 13.5. The Morgan fingerprint density at radius 2 is 2.23 bits per heavy atom. The number of aromatic nitrogens is 3. The minimum absolute atomic E-state index is 0.0360. The highest BCUT2D eigenvalue weighted by Crippen LogP contribution is 2.10. The molecule has 4 heteroatoms. The fourth-order valence-corrected chi connectivity index (χ4v) is 1.28. The maximum Gasteiger partial charge on any atom is 0.155 e. The number of pyridine rings is 1. The summed E-state index contributed by atoms with van der Waals surface area (Å²) in [5.41, 5.74) is 7.68. The van der Waals surface area contributed by atoms with Crippen molar-refractivity contribution in [3.05, 3.63) is 29.7 Å². The first kappa shape index (κ1) is 8.19. The van der Waals surface area contributed by atoms with Gasteiger partial charge in [0.25, 0.3) is 0 Å². The van der Waals surface area contributed by atoms with Gasteiger partial charge in [0.2, 0.25) is 0 Å². The van der Waals surface area contributed by atoms with E-state index >= 15 is 0 Å². The second-order valence-corrected chi connectivity index (χ2v) is 3.21. The van der Waals surface area contributed by atoms with Crippen molar-refractivity contribution in [1.29, 1.82) is 0 Å². The standard InChI is InChI=1S/C9H12N4/c1-6(10)8-3-4-9-11-7(2)12-13(9)5-8/h3-6H,10H2,1-2H3. The second kappa shape index (κ2) is 2.81. The molecule has 0 bridgehead atoms. The Hall–Kier alpha value is -1.42. The van der Waals surface area contributed by atoms with Gasteiger partial charge in [0.15, 0.2) is 5.65 Å². The van der Waals surface area contributed by atoms with E-state index < -0.39 is 0 Å². The highest BCUT2D eigenvalue weighted by atomic mass is 15.3. The molecule has 1 unspecified atom stereocenters. The van der Waals surface area contributed by atoms with Crippen LogP contribution in [0.5, 0.6) is 0 Å². The molecule has 2 heterocycles. The molecule has 1 atom stereocenters. The zero-order chi connectivity index (χ0) is 9.42. The Morgan fingerprint density at radius 1 is 1.46 bits per heavy atom. The Labute approximate surface area is 76.4 Å². The van der Waals surface area contributed by atoms with Gasteiger partial charge < -0.3 is 5.73 Å². The number of fused-ring (bicyclic) bond motifs is 1. The zero-order valence-corrected chi connectivity index (χ0v) is 7.73. The van der Waals surface area contributed by atoms with Crippen molar-refractivity contribution in [2.45, 2.75) is 19.9 Å². The van der Waals surface area contributed by atoms with Crippen LogP contribution in [0.2, 0.25) is 0 Å². The topological polar surface area (TPSA) is 56.2 Å². The molecule has 13 heavy (non-hydrogen) atoms. The van der Waals surface area contributed by atoms with Gasteiger partial charge >= 0.3 is 0 Å².